The van der Waals surface area contributed by atoms with Gasteiger partial charge in [-0.1, -0.05) is 143 Å². The average Bonchev–Trinajstić information content (AvgIpc) is 3.28. The SMILES string of the molecule is CCCCCCCCCCCC(=O)OCC(COC(=O)CCCC(COC(=O)CCCCCCC)COC(=O)CCCCCCC)COC(=O)OCCN(CCO)C1CCCCC1. The van der Waals surface area contributed by atoms with Gasteiger partial charge in [0.2, 0.25) is 0 Å². The van der Waals surface area contributed by atoms with Gasteiger partial charge in [-0.25, -0.2) is 4.79 Å². The van der Waals surface area contributed by atoms with Gasteiger partial charge in [0, 0.05) is 50.7 Å². The summed E-state index contributed by atoms with van der Waals surface area (Å²) < 4.78 is 33.1. The first-order valence-corrected chi connectivity index (χ1v) is 25.5. The zero-order valence-corrected chi connectivity index (χ0v) is 40.2. The highest BCUT2D eigenvalue weighted by Crippen LogP contribution is 2.22. The first-order valence-electron chi connectivity index (χ1n) is 25.5. The molecule has 0 aliphatic heterocycles. The Kier molecular flexibility index (Phi) is 38.5. The summed E-state index contributed by atoms with van der Waals surface area (Å²) in [6.07, 6.45) is 27.2. The fraction of sp³-hybridized carbons (Fsp3) is 0.900. The van der Waals surface area contributed by atoms with Crippen molar-refractivity contribution >= 4 is 30.0 Å². The molecule has 13 nitrogen and oxygen atoms in total. The van der Waals surface area contributed by atoms with Gasteiger partial charge in [-0.05, 0) is 44.9 Å². The summed E-state index contributed by atoms with van der Waals surface area (Å²) in [4.78, 5) is 65.3. The third kappa shape index (κ3) is 35.1. The smallest absolute Gasteiger partial charge is 0.465 e. The molecule has 1 aliphatic carbocycles. The van der Waals surface area contributed by atoms with Crippen LogP contribution in [0.5, 0.6) is 0 Å². The molecule has 1 fully saturated rings. The summed E-state index contributed by atoms with van der Waals surface area (Å²) in [6, 6.07) is 0.362. The molecule has 0 saturated heterocycles. The fourth-order valence-corrected chi connectivity index (χ4v) is 7.88. The molecule has 0 bridgehead atoms. The van der Waals surface area contributed by atoms with Gasteiger partial charge >= 0.3 is 30.0 Å². The van der Waals surface area contributed by atoms with Crippen molar-refractivity contribution < 1.29 is 57.5 Å². The molecule has 1 atom stereocenters. The Bertz CT molecular complexity index is 1120. The van der Waals surface area contributed by atoms with Crippen LogP contribution in [0.1, 0.15) is 213 Å². The molecule has 0 amide bonds. The first-order chi connectivity index (χ1) is 30.7. The van der Waals surface area contributed by atoms with E-state index in [0.29, 0.717) is 51.2 Å². The number of aliphatic hydroxyl groups is 1. The Balaban J connectivity index is 2.69. The van der Waals surface area contributed by atoms with Crippen LogP contribution >= 0.6 is 0 Å². The molecule has 1 aliphatic rings. The summed E-state index contributed by atoms with van der Waals surface area (Å²) >= 11 is 0. The Labute approximate surface area is 382 Å². The minimum atomic E-state index is -0.861. The molecule has 13 heteroatoms. The van der Waals surface area contributed by atoms with Crippen molar-refractivity contribution in [2.45, 2.75) is 219 Å². The van der Waals surface area contributed by atoms with E-state index < -0.39 is 18.0 Å². The molecule has 1 saturated carbocycles. The van der Waals surface area contributed by atoms with Crippen molar-refractivity contribution in [3.8, 4) is 0 Å². The highest BCUT2D eigenvalue weighted by atomic mass is 16.7. The highest BCUT2D eigenvalue weighted by molar-refractivity contribution is 5.70. The van der Waals surface area contributed by atoms with Crippen LogP contribution in [0, 0.1) is 11.8 Å². The Morgan fingerprint density at radius 2 is 0.841 bits per heavy atom. The van der Waals surface area contributed by atoms with Gasteiger partial charge in [0.1, 0.15) is 26.4 Å². The highest BCUT2D eigenvalue weighted by Gasteiger charge is 2.23. The monoisotopic (exact) mass is 898 g/mol. The summed E-state index contributed by atoms with van der Waals surface area (Å²) in [7, 11) is 0. The lowest BCUT2D eigenvalue weighted by molar-refractivity contribution is -0.152. The van der Waals surface area contributed by atoms with Gasteiger partial charge in [0.15, 0.2) is 0 Å². The van der Waals surface area contributed by atoms with Gasteiger partial charge in [-0.3, -0.25) is 24.1 Å². The number of esters is 4. The molecule has 0 aromatic carbocycles. The Morgan fingerprint density at radius 3 is 1.27 bits per heavy atom. The number of ether oxygens (including phenoxy) is 6. The number of unbranched alkanes of at least 4 members (excludes halogenated alkanes) is 16. The van der Waals surface area contributed by atoms with Crippen molar-refractivity contribution in [3.05, 3.63) is 0 Å². The van der Waals surface area contributed by atoms with E-state index in [1.807, 2.05) is 0 Å². The molecular formula is C50H91NO12. The molecule has 0 spiro atoms. The van der Waals surface area contributed by atoms with Gasteiger partial charge < -0.3 is 33.5 Å². The minimum absolute atomic E-state index is 0.0310. The summed E-state index contributed by atoms with van der Waals surface area (Å²) in [6.45, 7) is 7.48. The number of aliphatic hydroxyl groups excluding tert-OH is 1. The van der Waals surface area contributed by atoms with Crippen molar-refractivity contribution in [1.29, 1.82) is 0 Å². The van der Waals surface area contributed by atoms with Crippen molar-refractivity contribution in [1.82, 2.24) is 4.90 Å². The fourth-order valence-electron chi connectivity index (χ4n) is 7.88. The lowest BCUT2D eigenvalue weighted by atomic mass is 9.94. The van der Waals surface area contributed by atoms with Crippen LogP contribution in [-0.2, 0) is 47.6 Å². The Morgan fingerprint density at radius 1 is 0.460 bits per heavy atom. The molecule has 0 aromatic heterocycles. The third-order valence-electron chi connectivity index (χ3n) is 11.9. The molecule has 0 aromatic rings. The van der Waals surface area contributed by atoms with Crippen LogP contribution in [0.3, 0.4) is 0 Å². The molecule has 1 unspecified atom stereocenters. The molecule has 0 heterocycles. The van der Waals surface area contributed by atoms with E-state index in [4.69, 9.17) is 28.4 Å². The molecule has 63 heavy (non-hydrogen) atoms. The van der Waals surface area contributed by atoms with Crippen LogP contribution in [0.25, 0.3) is 0 Å². The second-order valence-electron chi connectivity index (χ2n) is 17.7. The number of hydrogen-bond acceptors (Lipinski definition) is 13. The van der Waals surface area contributed by atoms with Gasteiger partial charge in [-0.2, -0.15) is 0 Å². The first kappa shape index (κ1) is 58.1. The lowest BCUT2D eigenvalue weighted by Gasteiger charge is -2.33. The van der Waals surface area contributed by atoms with Crippen molar-refractivity contribution in [3.63, 3.8) is 0 Å². The van der Waals surface area contributed by atoms with E-state index in [-0.39, 0.29) is 76.5 Å². The number of carbonyl (C=O) groups is 5. The van der Waals surface area contributed by atoms with E-state index in [1.54, 1.807) is 0 Å². The van der Waals surface area contributed by atoms with Crippen molar-refractivity contribution in [2.24, 2.45) is 11.8 Å². The molecular weight excluding hydrogens is 807 g/mol. The molecule has 1 rings (SSSR count). The number of rotatable bonds is 42. The normalized spacial score (nSPS) is 13.5. The van der Waals surface area contributed by atoms with Crippen LogP contribution in [0.2, 0.25) is 0 Å². The van der Waals surface area contributed by atoms with E-state index in [1.165, 1.54) is 44.9 Å². The number of carbonyl (C=O) groups excluding carboxylic acids is 5. The number of nitrogens with zero attached hydrogens (tertiary/aromatic N) is 1. The van der Waals surface area contributed by atoms with Crippen LogP contribution < -0.4 is 0 Å². The quantitative estimate of drug-likeness (QED) is 0.0350. The maximum atomic E-state index is 13.0. The van der Waals surface area contributed by atoms with Gasteiger partial charge in [0.25, 0.3) is 0 Å². The minimum Gasteiger partial charge on any atom is -0.465 e. The predicted molar refractivity (Wildman–Crippen MR) is 246 cm³/mol. The number of hydrogen-bond donors (Lipinski definition) is 1. The third-order valence-corrected chi connectivity index (χ3v) is 11.9. The maximum absolute atomic E-state index is 13.0. The van der Waals surface area contributed by atoms with Crippen LogP contribution in [-0.4, -0.2) is 105 Å². The van der Waals surface area contributed by atoms with Crippen molar-refractivity contribution in [2.75, 3.05) is 59.3 Å². The van der Waals surface area contributed by atoms with Gasteiger partial charge in [-0.15, -0.1) is 0 Å². The van der Waals surface area contributed by atoms with E-state index in [9.17, 15) is 29.1 Å². The van der Waals surface area contributed by atoms with E-state index >= 15 is 0 Å². The molecule has 368 valence electrons. The zero-order valence-electron chi connectivity index (χ0n) is 40.2. The Hall–Kier alpha value is -2.93. The van der Waals surface area contributed by atoms with E-state index in [2.05, 4.69) is 25.7 Å². The van der Waals surface area contributed by atoms with Crippen LogP contribution in [0.4, 0.5) is 4.79 Å². The standard InChI is InChI=1S/C50H91NO12/c1-4-7-10-13-14-15-16-19-25-32-48(55)61-40-44(42-63-50(57)58-37-35-51(34-36-52)45-28-21-20-22-29-45)41-62-49(56)33-26-27-43(38-59-46(53)30-23-17-11-8-5-2)39-60-47(54)31-24-18-12-9-6-3/h43-45,52H,4-42H2,1-3H3. The summed E-state index contributed by atoms with van der Waals surface area (Å²) in [5, 5.41) is 9.57. The topological polar surface area (TPSA) is 164 Å². The lowest BCUT2D eigenvalue weighted by Crippen LogP contribution is -2.41. The zero-order chi connectivity index (χ0) is 46.0. The van der Waals surface area contributed by atoms with E-state index in [0.717, 1.165) is 109 Å². The largest absolute Gasteiger partial charge is 0.508 e. The molecule has 0 radical (unpaired) electrons. The average molecular weight is 898 g/mol. The summed E-state index contributed by atoms with van der Waals surface area (Å²) in [5.41, 5.74) is 0. The second-order valence-corrected chi connectivity index (χ2v) is 17.7. The molecule has 1 N–H and O–H groups in total. The van der Waals surface area contributed by atoms with Gasteiger partial charge in [0.05, 0.1) is 25.7 Å². The van der Waals surface area contributed by atoms with Crippen LogP contribution in [0.15, 0.2) is 0 Å². The maximum Gasteiger partial charge on any atom is 0.508 e. The second kappa shape index (κ2) is 41.8. The predicted octanol–water partition coefficient (Wildman–Crippen LogP) is 11.0. The summed E-state index contributed by atoms with van der Waals surface area (Å²) in [5.74, 6) is -2.22.